The first-order valence-electron chi connectivity index (χ1n) is 8.74. The average molecular weight is 378 g/mol. The van der Waals surface area contributed by atoms with Gasteiger partial charge in [-0.1, -0.05) is 36.4 Å². The van der Waals surface area contributed by atoms with Crippen molar-refractivity contribution in [1.29, 1.82) is 0 Å². The Bertz CT molecular complexity index is 802. The molecule has 2 aromatic rings. The minimum absolute atomic E-state index is 0.0205. The fourth-order valence-corrected chi connectivity index (χ4v) is 2.85. The first-order valence-corrected chi connectivity index (χ1v) is 8.74. The zero-order chi connectivity index (χ0) is 19.9. The molecule has 1 fully saturated rings. The van der Waals surface area contributed by atoms with Crippen molar-refractivity contribution in [3.8, 4) is 5.75 Å². The lowest BCUT2D eigenvalue weighted by atomic mass is 9.76. The minimum atomic E-state index is -4.47. The van der Waals surface area contributed by atoms with Crippen molar-refractivity contribution in [2.24, 2.45) is 0 Å². The Balaban J connectivity index is 1.83. The Hall–Kier alpha value is -1.99. The number of para-hydroxylation sites is 1. The normalized spacial score (nSPS) is 18.6. The molecule has 1 aliphatic rings. The second kappa shape index (κ2) is 6.87. The fraction of sp³-hybridized carbons (Fsp3) is 0.400. The van der Waals surface area contributed by atoms with Gasteiger partial charge >= 0.3 is 13.3 Å². The van der Waals surface area contributed by atoms with E-state index in [2.05, 4.69) is 0 Å². The Morgan fingerprint density at radius 1 is 0.889 bits per heavy atom. The van der Waals surface area contributed by atoms with Crippen LogP contribution in [0.5, 0.6) is 5.75 Å². The lowest BCUT2D eigenvalue weighted by Gasteiger charge is -2.32. The van der Waals surface area contributed by atoms with Gasteiger partial charge in [0.25, 0.3) is 0 Å². The molecule has 3 rings (SSSR count). The molecule has 0 aliphatic carbocycles. The van der Waals surface area contributed by atoms with Gasteiger partial charge in [-0.3, -0.25) is 0 Å². The number of rotatable bonds is 4. The standard InChI is InChI=1S/C20H22BF3O3/c1-18(2)19(3,4)27-21(26-18)16-11-7-5-9-14(16)13-25-17-12-8-6-10-15(17)20(22,23)24/h5-12H,13H2,1-4H3. The molecule has 144 valence electrons. The van der Waals surface area contributed by atoms with Gasteiger partial charge in [-0.25, -0.2) is 0 Å². The highest BCUT2D eigenvalue weighted by Crippen LogP contribution is 2.37. The summed E-state index contributed by atoms with van der Waals surface area (Å²) < 4.78 is 57.1. The van der Waals surface area contributed by atoms with Gasteiger partial charge in [0.2, 0.25) is 0 Å². The number of ether oxygens (including phenoxy) is 1. The van der Waals surface area contributed by atoms with Gasteiger partial charge in [-0.15, -0.1) is 0 Å². The molecule has 2 aromatic carbocycles. The van der Waals surface area contributed by atoms with Gasteiger partial charge in [0.15, 0.2) is 0 Å². The average Bonchev–Trinajstić information content (AvgIpc) is 2.80. The smallest absolute Gasteiger partial charge is 0.488 e. The van der Waals surface area contributed by atoms with Gasteiger partial charge in [-0.05, 0) is 50.9 Å². The largest absolute Gasteiger partial charge is 0.495 e. The Morgan fingerprint density at radius 3 is 2.07 bits per heavy atom. The first kappa shape index (κ1) is 19.8. The van der Waals surface area contributed by atoms with E-state index in [1.807, 2.05) is 45.9 Å². The third-order valence-electron chi connectivity index (χ3n) is 5.14. The maximum atomic E-state index is 13.1. The number of halogens is 3. The van der Waals surface area contributed by atoms with Crippen LogP contribution < -0.4 is 10.2 Å². The van der Waals surface area contributed by atoms with Crippen LogP contribution in [0.4, 0.5) is 13.2 Å². The SMILES string of the molecule is CC1(C)OB(c2ccccc2COc2ccccc2C(F)(F)F)OC1(C)C. The van der Waals surface area contributed by atoms with Crippen LogP contribution in [0.25, 0.3) is 0 Å². The van der Waals surface area contributed by atoms with E-state index in [1.54, 1.807) is 6.07 Å². The summed E-state index contributed by atoms with van der Waals surface area (Å²) in [4.78, 5) is 0. The third kappa shape index (κ3) is 3.99. The van der Waals surface area contributed by atoms with E-state index < -0.39 is 30.1 Å². The molecular weight excluding hydrogens is 356 g/mol. The van der Waals surface area contributed by atoms with Gasteiger partial charge in [0, 0.05) is 0 Å². The van der Waals surface area contributed by atoms with Crippen molar-refractivity contribution < 1.29 is 27.2 Å². The highest BCUT2D eigenvalue weighted by Gasteiger charge is 2.52. The molecule has 0 unspecified atom stereocenters. The van der Waals surface area contributed by atoms with Crippen LogP contribution in [-0.2, 0) is 22.1 Å². The fourth-order valence-electron chi connectivity index (χ4n) is 2.85. The topological polar surface area (TPSA) is 27.7 Å². The van der Waals surface area contributed by atoms with Crippen LogP contribution in [0, 0.1) is 0 Å². The van der Waals surface area contributed by atoms with E-state index >= 15 is 0 Å². The molecule has 0 amide bonds. The molecule has 27 heavy (non-hydrogen) atoms. The Labute approximate surface area is 157 Å². The lowest BCUT2D eigenvalue weighted by molar-refractivity contribution is -0.139. The van der Waals surface area contributed by atoms with E-state index in [0.717, 1.165) is 11.5 Å². The van der Waals surface area contributed by atoms with E-state index in [-0.39, 0.29) is 12.4 Å². The molecule has 7 heteroatoms. The molecular formula is C20H22BF3O3. The van der Waals surface area contributed by atoms with Gasteiger partial charge < -0.3 is 14.0 Å². The lowest BCUT2D eigenvalue weighted by Crippen LogP contribution is -2.41. The highest BCUT2D eigenvalue weighted by atomic mass is 19.4. The maximum absolute atomic E-state index is 13.1. The van der Waals surface area contributed by atoms with Crippen LogP contribution in [0.15, 0.2) is 48.5 Å². The Kier molecular flexibility index (Phi) is 5.03. The third-order valence-corrected chi connectivity index (χ3v) is 5.14. The molecule has 0 radical (unpaired) electrons. The van der Waals surface area contributed by atoms with E-state index in [1.165, 1.54) is 18.2 Å². The summed E-state index contributed by atoms with van der Waals surface area (Å²) in [5, 5.41) is 0. The van der Waals surface area contributed by atoms with Crippen LogP contribution >= 0.6 is 0 Å². The summed E-state index contributed by atoms with van der Waals surface area (Å²) in [5.41, 5.74) is -0.338. The van der Waals surface area contributed by atoms with Crippen LogP contribution in [0.2, 0.25) is 0 Å². The van der Waals surface area contributed by atoms with E-state index in [4.69, 9.17) is 14.0 Å². The van der Waals surface area contributed by atoms with Crippen molar-refractivity contribution >= 4 is 12.6 Å². The molecule has 0 aromatic heterocycles. The summed E-state index contributed by atoms with van der Waals surface area (Å²) in [6.07, 6.45) is -4.47. The zero-order valence-electron chi connectivity index (χ0n) is 15.8. The molecule has 0 atom stereocenters. The molecule has 0 N–H and O–H groups in total. The van der Waals surface area contributed by atoms with E-state index in [0.29, 0.717) is 5.56 Å². The number of hydrogen-bond donors (Lipinski definition) is 0. The number of hydrogen-bond acceptors (Lipinski definition) is 3. The van der Waals surface area contributed by atoms with Crippen molar-refractivity contribution in [2.75, 3.05) is 0 Å². The van der Waals surface area contributed by atoms with Crippen molar-refractivity contribution in [3.63, 3.8) is 0 Å². The first-order chi connectivity index (χ1) is 12.5. The summed E-state index contributed by atoms with van der Waals surface area (Å²) in [5.74, 6) is -0.200. The maximum Gasteiger partial charge on any atom is 0.495 e. The van der Waals surface area contributed by atoms with Gasteiger partial charge in [0.1, 0.15) is 12.4 Å². The molecule has 1 aliphatic heterocycles. The highest BCUT2D eigenvalue weighted by molar-refractivity contribution is 6.62. The predicted molar refractivity (Wildman–Crippen MR) is 97.9 cm³/mol. The summed E-state index contributed by atoms with van der Waals surface area (Å²) in [6, 6.07) is 12.5. The summed E-state index contributed by atoms with van der Waals surface area (Å²) in [7, 11) is -0.604. The van der Waals surface area contributed by atoms with Crippen molar-refractivity contribution in [2.45, 2.75) is 51.7 Å². The van der Waals surface area contributed by atoms with Crippen molar-refractivity contribution in [3.05, 3.63) is 59.7 Å². The zero-order valence-corrected chi connectivity index (χ0v) is 15.8. The molecule has 3 nitrogen and oxygen atoms in total. The van der Waals surface area contributed by atoms with Gasteiger partial charge in [0.05, 0.1) is 16.8 Å². The number of benzene rings is 2. The molecule has 0 spiro atoms. The monoisotopic (exact) mass is 378 g/mol. The molecule has 1 heterocycles. The number of alkyl halides is 3. The van der Waals surface area contributed by atoms with Crippen LogP contribution in [0.3, 0.4) is 0 Å². The van der Waals surface area contributed by atoms with Crippen LogP contribution in [-0.4, -0.2) is 18.3 Å². The summed E-state index contributed by atoms with van der Waals surface area (Å²) in [6.45, 7) is 7.78. The Morgan fingerprint density at radius 2 is 1.44 bits per heavy atom. The van der Waals surface area contributed by atoms with E-state index in [9.17, 15) is 13.2 Å². The molecule has 1 saturated heterocycles. The van der Waals surface area contributed by atoms with Crippen LogP contribution in [0.1, 0.15) is 38.8 Å². The predicted octanol–water partition coefficient (Wildman–Crippen LogP) is 4.58. The second-order valence-corrected chi connectivity index (χ2v) is 7.57. The molecule has 0 saturated carbocycles. The second-order valence-electron chi connectivity index (χ2n) is 7.57. The minimum Gasteiger partial charge on any atom is -0.488 e. The summed E-state index contributed by atoms with van der Waals surface area (Å²) >= 11 is 0. The quantitative estimate of drug-likeness (QED) is 0.729. The van der Waals surface area contributed by atoms with Gasteiger partial charge in [-0.2, -0.15) is 13.2 Å². The van der Waals surface area contributed by atoms with Crippen molar-refractivity contribution in [1.82, 2.24) is 0 Å². The molecule has 0 bridgehead atoms.